The van der Waals surface area contributed by atoms with E-state index in [-0.39, 0.29) is 0 Å². The van der Waals surface area contributed by atoms with Gasteiger partial charge in [-0.05, 0) is 13.5 Å². The van der Waals surface area contributed by atoms with Crippen LogP contribution in [0.1, 0.15) is 24.0 Å². The Morgan fingerprint density at radius 2 is 2.28 bits per heavy atom. The maximum Gasteiger partial charge on any atom is 0.218 e. The van der Waals surface area contributed by atoms with Gasteiger partial charge in [0.25, 0.3) is 0 Å². The summed E-state index contributed by atoms with van der Waals surface area (Å²) in [7, 11) is 1.87. The molecule has 0 radical (unpaired) electrons. The summed E-state index contributed by atoms with van der Waals surface area (Å²) >= 11 is 0. The van der Waals surface area contributed by atoms with Crippen molar-refractivity contribution in [3.8, 4) is 11.9 Å². The van der Waals surface area contributed by atoms with Crippen LogP contribution in [0.5, 0.6) is 0 Å². The molecule has 0 aromatic carbocycles. The highest BCUT2D eigenvalue weighted by Crippen LogP contribution is 2.19. The normalized spacial score (nSPS) is 10.6. The molecule has 6 nitrogen and oxygen atoms in total. The minimum atomic E-state index is 0.371. The van der Waals surface area contributed by atoms with E-state index in [2.05, 4.69) is 28.4 Å². The van der Waals surface area contributed by atoms with E-state index < -0.39 is 0 Å². The fourth-order valence-corrected chi connectivity index (χ4v) is 2.01. The second-order valence-electron chi connectivity index (χ2n) is 4.02. The molecule has 2 aromatic heterocycles. The van der Waals surface area contributed by atoms with Crippen molar-refractivity contribution in [3.05, 3.63) is 29.5 Å². The Labute approximate surface area is 106 Å². The average Bonchev–Trinajstić information content (AvgIpc) is 2.90. The van der Waals surface area contributed by atoms with Gasteiger partial charge < -0.3 is 5.32 Å². The van der Waals surface area contributed by atoms with E-state index >= 15 is 0 Å². The topological polar surface area (TPSA) is 71.5 Å². The van der Waals surface area contributed by atoms with Crippen LogP contribution in [0.2, 0.25) is 0 Å². The number of nitriles is 1. The van der Waals surface area contributed by atoms with Crippen molar-refractivity contribution in [2.45, 2.75) is 20.4 Å². The van der Waals surface area contributed by atoms with Crippen molar-refractivity contribution in [1.29, 1.82) is 5.26 Å². The van der Waals surface area contributed by atoms with Gasteiger partial charge >= 0.3 is 0 Å². The fourth-order valence-electron chi connectivity index (χ4n) is 2.01. The first kappa shape index (κ1) is 12.3. The third kappa shape index (κ3) is 2.00. The average molecular weight is 244 g/mol. The predicted molar refractivity (Wildman–Crippen MR) is 67.2 cm³/mol. The van der Waals surface area contributed by atoms with Crippen molar-refractivity contribution < 1.29 is 0 Å². The molecule has 2 aromatic rings. The lowest BCUT2D eigenvalue weighted by atomic mass is 10.2. The first-order valence-electron chi connectivity index (χ1n) is 5.86. The summed E-state index contributed by atoms with van der Waals surface area (Å²) in [5.74, 6) is 1.26. The van der Waals surface area contributed by atoms with Gasteiger partial charge in [-0.3, -0.25) is 9.25 Å². The third-order valence-corrected chi connectivity index (χ3v) is 2.83. The molecule has 0 spiro atoms. The van der Waals surface area contributed by atoms with Crippen LogP contribution in [0.15, 0.2) is 12.4 Å². The van der Waals surface area contributed by atoms with Gasteiger partial charge in [0.2, 0.25) is 5.82 Å². The van der Waals surface area contributed by atoms with Gasteiger partial charge in [-0.2, -0.15) is 10.4 Å². The van der Waals surface area contributed by atoms with E-state index in [1.54, 1.807) is 21.6 Å². The van der Waals surface area contributed by atoms with Gasteiger partial charge in [-0.25, -0.2) is 4.98 Å². The molecule has 1 N–H and O–H groups in total. The monoisotopic (exact) mass is 244 g/mol. The summed E-state index contributed by atoms with van der Waals surface area (Å²) in [4.78, 5) is 4.02. The molecule has 0 bridgehead atoms. The van der Waals surface area contributed by atoms with Crippen LogP contribution in [-0.4, -0.2) is 25.9 Å². The van der Waals surface area contributed by atoms with E-state index in [9.17, 15) is 0 Å². The zero-order valence-corrected chi connectivity index (χ0v) is 10.8. The lowest BCUT2D eigenvalue weighted by Gasteiger charge is -2.08. The maximum atomic E-state index is 9.05. The SMILES string of the molecule is CCNCc1c(C)nn(C)c1-n1ccnc1C#N. The van der Waals surface area contributed by atoms with Crippen LogP contribution in [-0.2, 0) is 13.6 Å². The summed E-state index contributed by atoms with van der Waals surface area (Å²) < 4.78 is 3.55. The van der Waals surface area contributed by atoms with Crippen molar-refractivity contribution >= 4 is 0 Å². The molecule has 0 unspecified atom stereocenters. The molecule has 6 heteroatoms. The highest BCUT2D eigenvalue weighted by atomic mass is 15.3. The van der Waals surface area contributed by atoms with Gasteiger partial charge in [0, 0.05) is 31.5 Å². The second kappa shape index (κ2) is 5.02. The van der Waals surface area contributed by atoms with Crippen molar-refractivity contribution in [3.63, 3.8) is 0 Å². The summed E-state index contributed by atoms with van der Waals surface area (Å²) in [5.41, 5.74) is 2.06. The van der Waals surface area contributed by atoms with Crippen LogP contribution in [0, 0.1) is 18.3 Å². The van der Waals surface area contributed by atoms with Crippen LogP contribution >= 0.6 is 0 Å². The largest absolute Gasteiger partial charge is 0.313 e. The van der Waals surface area contributed by atoms with Crippen LogP contribution < -0.4 is 5.32 Å². The number of hydrogen-bond acceptors (Lipinski definition) is 4. The van der Waals surface area contributed by atoms with Crippen LogP contribution in [0.25, 0.3) is 5.82 Å². The number of hydrogen-bond donors (Lipinski definition) is 1. The van der Waals surface area contributed by atoms with E-state index in [4.69, 9.17) is 5.26 Å². The summed E-state index contributed by atoms with van der Waals surface area (Å²) in [6.45, 7) is 5.65. The predicted octanol–water partition coefficient (Wildman–Crippen LogP) is 0.895. The molecule has 0 aliphatic carbocycles. The first-order chi connectivity index (χ1) is 8.69. The summed E-state index contributed by atoms with van der Waals surface area (Å²) in [5, 5.41) is 16.8. The zero-order valence-electron chi connectivity index (χ0n) is 10.8. The fraction of sp³-hybridized carbons (Fsp3) is 0.417. The smallest absolute Gasteiger partial charge is 0.218 e. The molecule has 0 amide bonds. The molecular weight excluding hydrogens is 228 g/mol. The molecule has 0 atom stereocenters. The molecule has 0 saturated carbocycles. The van der Waals surface area contributed by atoms with E-state index in [0.29, 0.717) is 5.82 Å². The Balaban J connectivity index is 2.53. The van der Waals surface area contributed by atoms with Gasteiger partial charge in [-0.1, -0.05) is 6.92 Å². The number of rotatable bonds is 4. The number of nitrogens with zero attached hydrogens (tertiary/aromatic N) is 5. The highest BCUT2D eigenvalue weighted by Gasteiger charge is 2.16. The molecule has 94 valence electrons. The van der Waals surface area contributed by atoms with E-state index in [1.807, 2.05) is 14.0 Å². The summed E-state index contributed by atoms with van der Waals surface area (Å²) in [6, 6.07) is 2.08. The first-order valence-corrected chi connectivity index (χ1v) is 5.86. The lowest BCUT2D eigenvalue weighted by molar-refractivity contribution is 0.702. The van der Waals surface area contributed by atoms with Crippen LogP contribution in [0.4, 0.5) is 0 Å². The van der Waals surface area contributed by atoms with E-state index in [0.717, 1.165) is 30.2 Å². The quantitative estimate of drug-likeness (QED) is 0.867. The molecule has 0 saturated heterocycles. The lowest BCUT2D eigenvalue weighted by Crippen LogP contribution is -2.15. The Hall–Kier alpha value is -2.13. The molecule has 2 heterocycles. The minimum Gasteiger partial charge on any atom is -0.313 e. The Morgan fingerprint density at radius 3 is 2.94 bits per heavy atom. The number of nitrogens with one attached hydrogen (secondary N) is 1. The summed E-state index contributed by atoms with van der Waals surface area (Å²) in [6.07, 6.45) is 3.41. The van der Waals surface area contributed by atoms with E-state index in [1.165, 1.54) is 0 Å². The Morgan fingerprint density at radius 1 is 1.50 bits per heavy atom. The van der Waals surface area contributed by atoms with Gasteiger partial charge in [0.1, 0.15) is 11.9 Å². The number of imidazole rings is 1. The van der Waals surface area contributed by atoms with Gasteiger partial charge in [0.15, 0.2) is 0 Å². The molecule has 0 aliphatic heterocycles. The van der Waals surface area contributed by atoms with Gasteiger partial charge in [-0.15, -0.1) is 0 Å². The molecule has 0 fully saturated rings. The molecule has 0 aliphatic rings. The number of aryl methyl sites for hydroxylation is 2. The van der Waals surface area contributed by atoms with Crippen molar-refractivity contribution in [1.82, 2.24) is 24.6 Å². The van der Waals surface area contributed by atoms with Gasteiger partial charge in [0.05, 0.1) is 5.69 Å². The molecule has 2 rings (SSSR count). The Bertz CT molecular complexity index is 586. The number of aromatic nitrogens is 4. The second-order valence-corrected chi connectivity index (χ2v) is 4.02. The molecular formula is C12H16N6. The van der Waals surface area contributed by atoms with Crippen molar-refractivity contribution in [2.75, 3.05) is 6.54 Å². The van der Waals surface area contributed by atoms with Crippen LogP contribution in [0.3, 0.4) is 0 Å². The highest BCUT2D eigenvalue weighted by molar-refractivity contribution is 5.40. The van der Waals surface area contributed by atoms with Crippen molar-refractivity contribution in [2.24, 2.45) is 7.05 Å². The minimum absolute atomic E-state index is 0.371. The maximum absolute atomic E-state index is 9.05. The third-order valence-electron chi connectivity index (χ3n) is 2.83. The Kier molecular flexibility index (Phi) is 3.44. The standard InChI is InChI=1S/C12H16N6/c1-4-14-8-10-9(2)16-17(3)12(10)18-6-5-15-11(18)7-13/h5-6,14H,4,8H2,1-3H3. The molecule has 18 heavy (non-hydrogen) atoms. The zero-order chi connectivity index (χ0) is 13.1.